The van der Waals surface area contributed by atoms with E-state index in [1.54, 1.807) is 0 Å². The fourth-order valence-corrected chi connectivity index (χ4v) is 4.67. The molecule has 0 radical (unpaired) electrons. The summed E-state index contributed by atoms with van der Waals surface area (Å²) in [6.07, 6.45) is 10.4. The molecule has 0 saturated heterocycles. The summed E-state index contributed by atoms with van der Waals surface area (Å²) in [5.74, 6) is 1.24. The SMILES string of the molecule is CCn1cc2c(n1)-c1c(oc(C(=O)NCCN(C)C3CCCCC3)c1C)CC2. The third-order valence-electron chi connectivity index (χ3n) is 6.39. The minimum Gasteiger partial charge on any atom is -0.455 e. The first-order chi connectivity index (χ1) is 13.6. The topological polar surface area (TPSA) is 63.3 Å². The molecule has 6 nitrogen and oxygen atoms in total. The van der Waals surface area contributed by atoms with E-state index < -0.39 is 0 Å². The number of furan rings is 1. The molecular formula is C22H32N4O2. The maximum absolute atomic E-state index is 12.8. The Bertz CT molecular complexity index is 845. The van der Waals surface area contributed by atoms with Crippen LogP contribution in [0.15, 0.2) is 10.6 Å². The van der Waals surface area contributed by atoms with Gasteiger partial charge in [-0.3, -0.25) is 9.48 Å². The summed E-state index contributed by atoms with van der Waals surface area (Å²) in [7, 11) is 2.17. The molecule has 6 heteroatoms. The van der Waals surface area contributed by atoms with Crippen molar-refractivity contribution in [2.45, 2.75) is 71.4 Å². The summed E-state index contributed by atoms with van der Waals surface area (Å²) in [4.78, 5) is 15.2. The van der Waals surface area contributed by atoms with E-state index in [4.69, 9.17) is 9.52 Å². The first kappa shape index (κ1) is 19.2. The van der Waals surface area contributed by atoms with Gasteiger partial charge in [-0.1, -0.05) is 19.3 Å². The van der Waals surface area contributed by atoms with Crippen LogP contribution in [0.25, 0.3) is 11.3 Å². The van der Waals surface area contributed by atoms with E-state index in [-0.39, 0.29) is 5.91 Å². The zero-order chi connectivity index (χ0) is 19.7. The first-order valence-corrected chi connectivity index (χ1v) is 10.8. The van der Waals surface area contributed by atoms with Gasteiger partial charge in [-0.2, -0.15) is 5.10 Å². The molecule has 2 aromatic rings. The highest BCUT2D eigenvalue weighted by Crippen LogP contribution is 2.38. The second-order valence-corrected chi connectivity index (χ2v) is 8.24. The summed E-state index contributed by atoms with van der Waals surface area (Å²) in [5, 5.41) is 7.76. The van der Waals surface area contributed by atoms with E-state index in [0.29, 0.717) is 18.3 Å². The lowest BCUT2D eigenvalue weighted by molar-refractivity contribution is 0.0914. The van der Waals surface area contributed by atoms with E-state index >= 15 is 0 Å². The van der Waals surface area contributed by atoms with E-state index in [0.717, 1.165) is 48.5 Å². The van der Waals surface area contributed by atoms with Crippen molar-refractivity contribution in [1.29, 1.82) is 0 Å². The maximum atomic E-state index is 12.8. The molecule has 152 valence electrons. The third kappa shape index (κ3) is 3.62. The lowest BCUT2D eigenvalue weighted by Gasteiger charge is -2.31. The van der Waals surface area contributed by atoms with E-state index in [1.165, 1.54) is 37.7 Å². The van der Waals surface area contributed by atoms with Crippen LogP contribution in [0.2, 0.25) is 0 Å². The fourth-order valence-electron chi connectivity index (χ4n) is 4.67. The largest absolute Gasteiger partial charge is 0.455 e. The number of likely N-dealkylation sites (N-methyl/N-ethyl adjacent to an activating group) is 1. The minimum absolute atomic E-state index is 0.111. The molecule has 2 aromatic heterocycles. The number of rotatable bonds is 6. The summed E-state index contributed by atoms with van der Waals surface area (Å²) in [6.45, 7) is 6.44. The average Bonchev–Trinajstić information content (AvgIpc) is 3.29. The molecule has 1 saturated carbocycles. The Morgan fingerprint density at radius 3 is 2.86 bits per heavy atom. The van der Waals surface area contributed by atoms with Crippen molar-refractivity contribution in [1.82, 2.24) is 20.0 Å². The van der Waals surface area contributed by atoms with Gasteiger partial charge in [0.15, 0.2) is 5.76 Å². The number of nitrogens with one attached hydrogen (secondary N) is 1. The number of hydrogen-bond donors (Lipinski definition) is 1. The highest BCUT2D eigenvalue weighted by Gasteiger charge is 2.29. The number of aryl methyl sites for hydroxylation is 3. The van der Waals surface area contributed by atoms with Crippen molar-refractivity contribution < 1.29 is 9.21 Å². The average molecular weight is 385 g/mol. The van der Waals surface area contributed by atoms with Crippen molar-refractivity contribution in [3.05, 3.63) is 28.8 Å². The molecular weight excluding hydrogens is 352 g/mol. The number of fused-ring (bicyclic) bond motifs is 3. The van der Waals surface area contributed by atoms with Gasteiger partial charge in [-0.25, -0.2) is 0 Å². The third-order valence-corrected chi connectivity index (χ3v) is 6.39. The van der Waals surface area contributed by atoms with Crippen molar-refractivity contribution >= 4 is 5.91 Å². The van der Waals surface area contributed by atoms with Crippen LogP contribution in [-0.2, 0) is 19.4 Å². The second-order valence-electron chi connectivity index (χ2n) is 8.24. The molecule has 0 atom stereocenters. The second kappa shape index (κ2) is 8.11. The fraction of sp³-hybridized carbons (Fsp3) is 0.636. The van der Waals surface area contributed by atoms with Gasteiger partial charge in [0, 0.05) is 49.4 Å². The Morgan fingerprint density at radius 2 is 2.11 bits per heavy atom. The highest BCUT2D eigenvalue weighted by molar-refractivity contribution is 5.95. The van der Waals surface area contributed by atoms with Gasteiger partial charge >= 0.3 is 0 Å². The first-order valence-electron chi connectivity index (χ1n) is 10.8. The number of aromatic nitrogens is 2. The lowest BCUT2D eigenvalue weighted by atomic mass is 9.93. The Kier molecular flexibility index (Phi) is 5.58. The van der Waals surface area contributed by atoms with Crippen LogP contribution in [0.4, 0.5) is 0 Å². The summed E-state index contributed by atoms with van der Waals surface area (Å²) < 4.78 is 7.96. The standard InChI is InChI=1S/C22H32N4O2/c1-4-26-14-16-10-11-18-19(20(16)24-26)15(2)21(28-18)22(27)23-12-13-25(3)17-8-6-5-7-9-17/h14,17H,4-13H2,1-3H3,(H,23,27). The molecule has 2 aliphatic rings. The minimum atomic E-state index is -0.111. The Morgan fingerprint density at radius 1 is 1.32 bits per heavy atom. The van der Waals surface area contributed by atoms with Gasteiger partial charge in [0.25, 0.3) is 5.91 Å². The zero-order valence-electron chi connectivity index (χ0n) is 17.4. The van der Waals surface area contributed by atoms with E-state index in [1.807, 2.05) is 11.6 Å². The van der Waals surface area contributed by atoms with E-state index in [9.17, 15) is 4.79 Å². The van der Waals surface area contributed by atoms with Crippen LogP contribution in [0.5, 0.6) is 0 Å². The summed E-state index contributed by atoms with van der Waals surface area (Å²) >= 11 is 0. The predicted molar refractivity (Wildman–Crippen MR) is 110 cm³/mol. The van der Waals surface area contributed by atoms with Gasteiger partial charge in [0.2, 0.25) is 0 Å². The Hall–Kier alpha value is -2.08. The molecule has 0 aromatic carbocycles. The van der Waals surface area contributed by atoms with E-state index in [2.05, 4.69) is 30.4 Å². The smallest absolute Gasteiger partial charge is 0.287 e. The van der Waals surface area contributed by atoms with Crippen LogP contribution < -0.4 is 5.32 Å². The molecule has 2 heterocycles. The lowest BCUT2D eigenvalue weighted by Crippen LogP contribution is -2.39. The molecule has 1 fully saturated rings. The van der Waals surface area contributed by atoms with Crippen LogP contribution in [0.3, 0.4) is 0 Å². The Labute approximate surface area is 167 Å². The predicted octanol–water partition coefficient (Wildman–Crippen LogP) is 3.56. The van der Waals surface area contributed by atoms with Gasteiger partial charge in [0.05, 0.1) is 5.69 Å². The number of nitrogens with zero attached hydrogens (tertiary/aromatic N) is 3. The highest BCUT2D eigenvalue weighted by atomic mass is 16.4. The summed E-state index contributed by atoms with van der Waals surface area (Å²) in [5.41, 5.74) is 4.17. The molecule has 0 aliphatic heterocycles. The van der Waals surface area contributed by atoms with Crippen molar-refractivity contribution in [2.24, 2.45) is 0 Å². The van der Waals surface area contributed by atoms with Gasteiger partial charge < -0.3 is 14.6 Å². The van der Waals surface area contributed by atoms with Gasteiger partial charge in [0.1, 0.15) is 5.76 Å². The van der Waals surface area contributed by atoms with Crippen LogP contribution in [0, 0.1) is 6.92 Å². The molecule has 2 aliphatic carbocycles. The number of amides is 1. The monoisotopic (exact) mass is 384 g/mol. The number of carbonyl (C=O) groups is 1. The van der Waals surface area contributed by atoms with Crippen LogP contribution >= 0.6 is 0 Å². The quantitative estimate of drug-likeness (QED) is 0.827. The molecule has 0 spiro atoms. The van der Waals surface area contributed by atoms with Crippen molar-refractivity contribution in [3.8, 4) is 11.3 Å². The molecule has 28 heavy (non-hydrogen) atoms. The molecule has 0 bridgehead atoms. The molecule has 4 rings (SSSR count). The van der Waals surface area contributed by atoms with Gasteiger partial charge in [-0.15, -0.1) is 0 Å². The van der Waals surface area contributed by atoms with Crippen molar-refractivity contribution in [2.75, 3.05) is 20.1 Å². The van der Waals surface area contributed by atoms with Gasteiger partial charge in [-0.05, 0) is 45.7 Å². The van der Waals surface area contributed by atoms with Crippen molar-refractivity contribution in [3.63, 3.8) is 0 Å². The molecule has 1 N–H and O–H groups in total. The maximum Gasteiger partial charge on any atom is 0.287 e. The Balaban J connectivity index is 1.42. The molecule has 1 amide bonds. The van der Waals surface area contributed by atoms with Crippen LogP contribution in [-0.4, -0.2) is 46.8 Å². The van der Waals surface area contributed by atoms with Crippen LogP contribution in [0.1, 0.15) is 66.5 Å². The zero-order valence-corrected chi connectivity index (χ0v) is 17.4. The number of carbonyl (C=O) groups excluding carboxylic acids is 1. The summed E-state index contributed by atoms with van der Waals surface area (Å²) in [6, 6.07) is 0.662. The normalized spacial score (nSPS) is 16.9. The molecule has 0 unspecified atom stereocenters. The number of hydrogen-bond acceptors (Lipinski definition) is 4.